The van der Waals surface area contributed by atoms with Crippen LogP contribution in [0, 0.1) is 5.92 Å². The smallest absolute Gasteiger partial charge is 0.122 e. The van der Waals surface area contributed by atoms with E-state index >= 15 is 0 Å². The molecule has 1 saturated heterocycles. The van der Waals surface area contributed by atoms with Gasteiger partial charge in [0, 0.05) is 12.3 Å². The maximum absolute atomic E-state index is 6.17. The molecule has 2 aliphatic rings. The van der Waals surface area contributed by atoms with Crippen LogP contribution >= 0.6 is 0 Å². The molecule has 1 saturated carbocycles. The molecule has 4 atom stereocenters. The molecule has 0 unspecified atom stereocenters. The zero-order valence-corrected chi connectivity index (χ0v) is 12.2. The molecule has 2 bridgehead atoms. The lowest BCUT2D eigenvalue weighted by molar-refractivity contribution is -0.149. The molecule has 0 spiro atoms. The number of ether oxygens (including phenoxy) is 3. The second-order valence-corrected chi connectivity index (χ2v) is 6.21. The fraction of sp³-hybridized carbons (Fsp3) is 0.867. The summed E-state index contributed by atoms with van der Waals surface area (Å²) in [5.74, 6) is 0.322. The highest BCUT2D eigenvalue weighted by molar-refractivity contribution is 5.26. The molecule has 1 heterocycles. The minimum absolute atomic E-state index is 0.0961. The highest BCUT2D eigenvalue weighted by atomic mass is 16.6. The summed E-state index contributed by atoms with van der Waals surface area (Å²) in [4.78, 5) is 0. The van der Waals surface area contributed by atoms with E-state index in [0.717, 1.165) is 6.42 Å². The van der Waals surface area contributed by atoms with Crippen molar-refractivity contribution in [3.05, 3.63) is 12.2 Å². The summed E-state index contributed by atoms with van der Waals surface area (Å²) in [7, 11) is 0. The SMILES string of the molecule is C=C1C[C@]2(COC(C)C)O[C@@H](C)[C@H]1[C@@H]2OC(C)C. The van der Waals surface area contributed by atoms with Gasteiger partial charge in [-0.3, -0.25) is 0 Å². The lowest BCUT2D eigenvalue weighted by Crippen LogP contribution is -2.44. The van der Waals surface area contributed by atoms with Crippen LogP contribution in [0.4, 0.5) is 0 Å². The van der Waals surface area contributed by atoms with Crippen molar-refractivity contribution in [2.45, 2.75) is 71.1 Å². The largest absolute Gasteiger partial charge is 0.376 e. The zero-order chi connectivity index (χ0) is 13.5. The maximum Gasteiger partial charge on any atom is 0.122 e. The molecule has 3 heteroatoms. The first kappa shape index (κ1) is 14.0. The molecular weight excluding hydrogens is 228 g/mol. The second kappa shape index (κ2) is 4.95. The van der Waals surface area contributed by atoms with Gasteiger partial charge in [-0.25, -0.2) is 0 Å². The van der Waals surface area contributed by atoms with E-state index in [4.69, 9.17) is 14.2 Å². The van der Waals surface area contributed by atoms with Crippen molar-refractivity contribution < 1.29 is 14.2 Å². The van der Waals surface area contributed by atoms with Gasteiger partial charge in [-0.1, -0.05) is 12.2 Å². The highest BCUT2D eigenvalue weighted by Gasteiger charge is 2.61. The second-order valence-electron chi connectivity index (χ2n) is 6.21. The minimum atomic E-state index is -0.310. The molecule has 0 radical (unpaired) electrons. The van der Waals surface area contributed by atoms with Gasteiger partial charge in [0.15, 0.2) is 0 Å². The van der Waals surface area contributed by atoms with Gasteiger partial charge in [-0.2, -0.15) is 0 Å². The molecule has 1 aliphatic heterocycles. The van der Waals surface area contributed by atoms with E-state index in [9.17, 15) is 0 Å². The Morgan fingerprint density at radius 1 is 1.33 bits per heavy atom. The monoisotopic (exact) mass is 254 g/mol. The van der Waals surface area contributed by atoms with E-state index in [1.807, 2.05) is 0 Å². The number of hydrogen-bond donors (Lipinski definition) is 0. The quantitative estimate of drug-likeness (QED) is 0.706. The van der Waals surface area contributed by atoms with Gasteiger partial charge in [0.05, 0.1) is 31.0 Å². The van der Waals surface area contributed by atoms with Crippen LogP contribution in [0.3, 0.4) is 0 Å². The van der Waals surface area contributed by atoms with E-state index < -0.39 is 0 Å². The third-order valence-corrected chi connectivity index (χ3v) is 3.85. The molecule has 0 aromatic heterocycles. The van der Waals surface area contributed by atoms with Crippen LogP contribution in [-0.4, -0.2) is 36.6 Å². The van der Waals surface area contributed by atoms with Crippen molar-refractivity contribution in [1.29, 1.82) is 0 Å². The van der Waals surface area contributed by atoms with Crippen molar-refractivity contribution in [3.63, 3.8) is 0 Å². The Morgan fingerprint density at radius 2 is 2.00 bits per heavy atom. The van der Waals surface area contributed by atoms with Crippen LogP contribution in [-0.2, 0) is 14.2 Å². The molecule has 1 aliphatic carbocycles. The molecule has 104 valence electrons. The van der Waals surface area contributed by atoms with Gasteiger partial charge in [0.2, 0.25) is 0 Å². The summed E-state index contributed by atoms with van der Waals surface area (Å²) < 4.78 is 18.1. The van der Waals surface area contributed by atoms with E-state index in [1.165, 1.54) is 5.57 Å². The first-order valence-corrected chi connectivity index (χ1v) is 6.98. The molecule has 0 N–H and O–H groups in total. The Morgan fingerprint density at radius 3 is 2.50 bits per heavy atom. The topological polar surface area (TPSA) is 27.7 Å². The van der Waals surface area contributed by atoms with E-state index in [2.05, 4.69) is 41.2 Å². The third-order valence-electron chi connectivity index (χ3n) is 3.85. The number of fused-ring (bicyclic) bond motifs is 2. The van der Waals surface area contributed by atoms with Crippen LogP contribution in [0.5, 0.6) is 0 Å². The molecule has 3 nitrogen and oxygen atoms in total. The molecule has 0 aromatic rings. The van der Waals surface area contributed by atoms with E-state index in [0.29, 0.717) is 12.5 Å². The van der Waals surface area contributed by atoms with Crippen LogP contribution in [0.25, 0.3) is 0 Å². The Bertz CT molecular complexity index is 324. The molecule has 18 heavy (non-hydrogen) atoms. The van der Waals surface area contributed by atoms with Gasteiger partial charge in [0.1, 0.15) is 5.60 Å². The van der Waals surface area contributed by atoms with Gasteiger partial charge in [-0.15, -0.1) is 0 Å². The summed E-state index contributed by atoms with van der Waals surface area (Å²) >= 11 is 0. The van der Waals surface area contributed by atoms with Crippen LogP contribution in [0.1, 0.15) is 41.0 Å². The first-order chi connectivity index (χ1) is 8.35. The van der Waals surface area contributed by atoms with Crippen LogP contribution in [0.2, 0.25) is 0 Å². The fourth-order valence-corrected chi connectivity index (χ4v) is 3.25. The van der Waals surface area contributed by atoms with Crippen molar-refractivity contribution in [2.24, 2.45) is 5.92 Å². The summed E-state index contributed by atoms with van der Waals surface area (Å²) in [5.41, 5.74) is 0.946. The van der Waals surface area contributed by atoms with Crippen molar-refractivity contribution in [2.75, 3.05) is 6.61 Å². The van der Waals surface area contributed by atoms with Gasteiger partial charge >= 0.3 is 0 Å². The summed E-state index contributed by atoms with van der Waals surface area (Å²) in [6, 6.07) is 0. The zero-order valence-electron chi connectivity index (χ0n) is 12.2. The molecule has 0 amide bonds. The van der Waals surface area contributed by atoms with Crippen molar-refractivity contribution >= 4 is 0 Å². The minimum Gasteiger partial charge on any atom is -0.376 e. The molecule has 2 fully saturated rings. The Hall–Kier alpha value is -0.380. The first-order valence-electron chi connectivity index (χ1n) is 6.98. The lowest BCUT2D eigenvalue weighted by atomic mass is 9.97. The predicted molar refractivity (Wildman–Crippen MR) is 71.6 cm³/mol. The molecule has 2 rings (SSSR count). The molecular formula is C15H26O3. The van der Waals surface area contributed by atoms with Gasteiger partial charge in [-0.05, 0) is 34.6 Å². The van der Waals surface area contributed by atoms with Crippen molar-refractivity contribution in [3.8, 4) is 0 Å². The average Bonchev–Trinajstić information content (AvgIpc) is 2.62. The summed E-state index contributed by atoms with van der Waals surface area (Å²) in [6.07, 6.45) is 1.57. The third kappa shape index (κ3) is 2.36. The maximum atomic E-state index is 6.17. The van der Waals surface area contributed by atoms with Crippen LogP contribution < -0.4 is 0 Å². The van der Waals surface area contributed by atoms with E-state index in [-0.39, 0.29) is 30.0 Å². The molecule has 0 aromatic carbocycles. The fourth-order valence-electron chi connectivity index (χ4n) is 3.25. The average molecular weight is 254 g/mol. The standard InChI is InChI=1S/C15H26O3/c1-9(2)16-8-15-7-11(5)13(12(6)18-15)14(15)17-10(3)4/h9-10,12-14H,5,7-8H2,1-4,6H3/t12-,13-,14-,15+/m0/s1. The van der Waals surface area contributed by atoms with Gasteiger partial charge in [0.25, 0.3) is 0 Å². The number of rotatable bonds is 5. The summed E-state index contributed by atoms with van der Waals surface area (Å²) in [5, 5.41) is 0. The Labute approximate surface area is 110 Å². The highest BCUT2D eigenvalue weighted by Crippen LogP contribution is 2.52. The predicted octanol–water partition coefficient (Wildman–Crippen LogP) is 2.94. The van der Waals surface area contributed by atoms with Crippen LogP contribution in [0.15, 0.2) is 12.2 Å². The van der Waals surface area contributed by atoms with E-state index in [1.54, 1.807) is 0 Å². The van der Waals surface area contributed by atoms with Crippen molar-refractivity contribution in [1.82, 2.24) is 0 Å². The lowest BCUT2D eigenvalue weighted by Gasteiger charge is -2.33. The van der Waals surface area contributed by atoms with Gasteiger partial charge < -0.3 is 14.2 Å². The Kier molecular flexibility index (Phi) is 3.86. The Balaban J connectivity index is 2.17. The normalized spacial score (nSPS) is 39.3. The summed E-state index contributed by atoms with van der Waals surface area (Å²) in [6.45, 7) is 15.2. The number of hydrogen-bond acceptors (Lipinski definition) is 3.